The molecule has 1 aromatic rings. The van der Waals surface area contributed by atoms with Gasteiger partial charge in [0.25, 0.3) is 0 Å². The average Bonchev–Trinajstić information content (AvgIpc) is 2.34. The summed E-state index contributed by atoms with van der Waals surface area (Å²) >= 11 is 0. The van der Waals surface area contributed by atoms with Crippen LogP contribution in [-0.2, 0) is 11.2 Å². The molecule has 0 spiro atoms. The van der Waals surface area contributed by atoms with E-state index in [2.05, 4.69) is 39.8 Å². The largest absolute Gasteiger partial charge is 0.496 e. The van der Waals surface area contributed by atoms with Gasteiger partial charge in [0.05, 0.1) is 7.11 Å². The van der Waals surface area contributed by atoms with Gasteiger partial charge >= 0.3 is 5.97 Å². The van der Waals surface area contributed by atoms with Crippen molar-refractivity contribution in [3.63, 3.8) is 0 Å². The third kappa shape index (κ3) is 3.72. The summed E-state index contributed by atoms with van der Waals surface area (Å²) in [4.78, 5) is 10.8. The number of rotatable bonds is 6. The average molecular weight is 264 g/mol. The molecule has 3 heteroatoms. The smallest absolute Gasteiger partial charge is 0.303 e. The van der Waals surface area contributed by atoms with Crippen LogP contribution < -0.4 is 4.74 Å². The highest BCUT2D eigenvalue weighted by Crippen LogP contribution is 2.36. The normalized spacial score (nSPS) is 11.1. The third-order valence-corrected chi connectivity index (χ3v) is 3.36. The minimum atomic E-state index is -0.772. The van der Waals surface area contributed by atoms with Crippen LogP contribution in [0.4, 0.5) is 0 Å². The Morgan fingerprint density at radius 3 is 2.11 bits per heavy atom. The van der Waals surface area contributed by atoms with Crippen molar-refractivity contribution in [1.29, 1.82) is 0 Å². The lowest BCUT2D eigenvalue weighted by atomic mass is 9.88. The third-order valence-electron chi connectivity index (χ3n) is 3.36. The molecule has 3 nitrogen and oxygen atoms in total. The van der Waals surface area contributed by atoms with Gasteiger partial charge in [0.2, 0.25) is 0 Å². The van der Waals surface area contributed by atoms with Crippen LogP contribution in [0.2, 0.25) is 0 Å². The SMILES string of the molecule is COc1c(C(C)C)ccc(C(C)C)c1CCC(=O)O. The first-order valence-corrected chi connectivity index (χ1v) is 6.79. The maximum atomic E-state index is 10.8. The Morgan fingerprint density at radius 1 is 1.16 bits per heavy atom. The van der Waals surface area contributed by atoms with E-state index in [-0.39, 0.29) is 6.42 Å². The van der Waals surface area contributed by atoms with E-state index < -0.39 is 5.97 Å². The quantitative estimate of drug-likeness (QED) is 0.846. The summed E-state index contributed by atoms with van der Waals surface area (Å²) < 4.78 is 5.57. The zero-order chi connectivity index (χ0) is 14.6. The van der Waals surface area contributed by atoms with Crippen LogP contribution in [0.1, 0.15) is 62.6 Å². The second-order valence-corrected chi connectivity index (χ2v) is 5.46. The summed E-state index contributed by atoms with van der Waals surface area (Å²) in [6.45, 7) is 8.48. The minimum absolute atomic E-state index is 0.137. The molecule has 19 heavy (non-hydrogen) atoms. The molecule has 0 saturated heterocycles. The molecule has 0 unspecified atom stereocenters. The van der Waals surface area contributed by atoms with Crippen LogP contribution in [0.25, 0.3) is 0 Å². The lowest BCUT2D eigenvalue weighted by Gasteiger charge is -2.21. The highest BCUT2D eigenvalue weighted by molar-refractivity contribution is 5.67. The predicted molar refractivity (Wildman–Crippen MR) is 77.1 cm³/mol. The summed E-state index contributed by atoms with van der Waals surface area (Å²) in [5, 5.41) is 8.91. The maximum Gasteiger partial charge on any atom is 0.303 e. The minimum Gasteiger partial charge on any atom is -0.496 e. The standard InChI is InChI=1S/C16H24O3/c1-10(2)12-6-7-13(11(3)4)16(19-5)14(12)8-9-15(17)18/h6-7,10-11H,8-9H2,1-5H3,(H,17,18). The molecule has 0 fully saturated rings. The van der Waals surface area contributed by atoms with E-state index in [4.69, 9.17) is 9.84 Å². The van der Waals surface area contributed by atoms with Crippen molar-refractivity contribution in [2.24, 2.45) is 0 Å². The number of carboxylic acids is 1. The van der Waals surface area contributed by atoms with E-state index in [9.17, 15) is 4.79 Å². The van der Waals surface area contributed by atoms with E-state index in [1.165, 1.54) is 5.56 Å². The maximum absolute atomic E-state index is 10.8. The topological polar surface area (TPSA) is 46.5 Å². The van der Waals surface area contributed by atoms with Crippen molar-refractivity contribution in [3.8, 4) is 5.75 Å². The molecule has 0 radical (unpaired) electrons. The molecule has 0 aliphatic heterocycles. The molecular weight excluding hydrogens is 240 g/mol. The van der Waals surface area contributed by atoms with Gasteiger partial charge in [-0.3, -0.25) is 4.79 Å². The molecule has 1 aromatic carbocycles. The highest BCUT2D eigenvalue weighted by Gasteiger charge is 2.18. The molecule has 0 amide bonds. The van der Waals surface area contributed by atoms with Crippen LogP contribution >= 0.6 is 0 Å². The number of hydrogen-bond donors (Lipinski definition) is 1. The molecule has 1 rings (SSSR count). The first-order valence-electron chi connectivity index (χ1n) is 6.79. The van der Waals surface area contributed by atoms with Gasteiger partial charge < -0.3 is 9.84 Å². The van der Waals surface area contributed by atoms with Gasteiger partial charge in [0, 0.05) is 6.42 Å². The molecule has 1 N–H and O–H groups in total. The van der Waals surface area contributed by atoms with E-state index in [1.807, 2.05) is 0 Å². The van der Waals surface area contributed by atoms with E-state index in [1.54, 1.807) is 7.11 Å². The van der Waals surface area contributed by atoms with Crippen molar-refractivity contribution in [2.45, 2.75) is 52.4 Å². The lowest BCUT2D eigenvalue weighted by Crippen LogP contribution is -2.07. The molecule has 0 atom stereocenters. The number of methoxy groups -OCH3 is 1. The Balaban J connectivity index is 3.32. The van der Waals surface area contributed by atoms with Gasteiger partial charge in [0.1, 0.15) is 5.75 Å². The van der Waals surface area contributed by atoms with E-state index in [0.29, 0.717) is 18.3 Å². The molecular formula is C16H24O3. The van der Waals surface area contributed by atoms with Crippen molar-refractivity contribution >= 4 is 5.97 Å². The zero-order valence-electron chi connectivity index (χ0n) is 12.5. The Morgan fingerprint density at radius 2 is 1.68 bits per heavy atom. The molecule has 0 bridgehead atoms. The van der Waals surface area contributed by atoms with Crippen LogP contribution in [-0.4, -0.2) is 18.2 Å². The molecule has 0 aliphatic carbocycles. The molecule has 0 aromatic heterocycles. The Labute approximate surface area is 115 Å². The summed E-state index contributed by atoms with van der Waals surface area (Å²) in [6, 6.07) is 4.21. The molecule has 106 valence electrons. The Kier molecular flexibility index (Phi) is 5.40. The fourth-order valence-corrected chi connectivity index (χ4v) is 2.39. The Hall–Kier alpha value is -1.51. The summed E-state index contributed by atoms with van der Waals surface area (Å²) in [5.41, 5.74) is 3.38. The van der Waals surface area contributed by atoms with E-state index in [0.717, 1.165) is 16.9 Å². The fourth-order valence-electron chi connectivity index (χ4n) is 2.39. The molecule has 0 saturated carbocycles. The molecule has 0 aliphatic rings. The molecule has 0 heterocycles. The zero-order valence-corrected chi connectivity index (χ0v) is 12.5. The second-order valence-electron chi connectivity index (χ2n) is 5.46. The predicted octanol–water partition coefficient (Wildman–Crippen LogP) is 3.96. The van der Waals surface area contributed by atoms with Crippen molar-refractivity contribution in [1.82, 2.24) is 0 Å². The number of hydrogen-bond acceptors (Lipinski definition) is 2. The van der Waals surface area contributed by atoms with E-state index >= 15 is 0 Å². The van der Waals surface area contributed by atoms with Gasteiger partial charge in [-0.15, -0.1) is 0 Å². The van der Waals surface area contributed by atoms with Crippen LogP contribution in [0.15, 0.2) is 12.1 Å². The van der Waals surface area contributed by atoms with Crippen molar-refractivity contribution in [3.05, 3.63) is 28.8 Å². The number of benzene rings is 1. The number of carbonyl (C=O) groups is 1. The summed E-state index contributed by atoms with van der Waals surface area (Å²) in [6.07, 6.45) is 0.657. The van der Waals surface area contributed by atoms with Gasteiger partial charge in [-0.2, -0.15) is 0 Å². The van der Waals surface area contributed by atoms with Crippen LogP contribution in [0.3, 0.4) is 0 Å². The first kappa shape index (κ1) is 15.5. The monoisotopic (exact) mass is 264 g/mol. The van der Waals surface area contributed by atoms with Gasteiger partial charge in [0.15, 0.2) is 0 Å². The van der Waals surface area contributed by atoms with Gasteiger partial charge in [-0.25, -0.2) is 0 Å². The van der Waals surface area contributed by atoms with Gasteiger partial charge in [-0.1, -0.05) is 39.8 Å². The number of ether oxygens (including phenoxy) is 1. The Bertz CT molecular complexity index is 448. The fraction of sp³-hybridized carbons (Fsp3) is 0.562. The highest BCUT2D eigenvalue weighted by atomic mass is 16.5. The number of carboxylic acid groups (broad SMARTS) is 1. The van der Waals surface area contributed by atoms with Crippen molar-refractivity contribution in [2.75, 3.05) is 7.11 Å². The van der Waals surface area contributed by atoms with Gasteiger partial charge in [-0.05, 0) is 34.9 Å². The van der Waals surface area contributed by atoms with Crippen molar-refractivity contribution < 1.29 is 14.6 Å². The summed E-state index contributed by atoms with van der Waals surface area (Å²) in [7, 11) is 1.66. The summed E-state index contributed by atoms with van der Waals surface area (Å²) in [5.74, 6) is 0.813. The van der Waals surface area contributed by atoms with Crippen LogP contribution in [0.5, 0.6) is 5.75 Å². The van der Waals surface area contributed by atoms with Crippen LogP contribution in [0, 0.1) is 0 Å². The second kappa shape index (κ2) is 6.60. The lowest BCUT2D eigenvalue weighted by molar-refractivity contribution is -0.136. The first-order chi connectivity index (χ1) is 8.88. The number of aliphatic carboxylic acids is 1.